The van der Waals surface area contributed by atoms with Crippen molar-refractivity contribution in [2.45, 2.75) is 63.3 Å². The van der Waals surface area contributed by atoms with Crippen molar-refractivity contribution < 1.29 is 14.3 Å². The summed E-state index contributed by atoms with van der Waals surface area (Å²) in [7, 11) is 1.63. The van der Waals surface area contributed by atoms with E-state index in [4.69, 9.17) is 4.74 Å². The van der Waals surface area contributed by atoms with Gasteiger partial charge in [0, 0.05) is 25.8 Å². The van der Waals surface area contributed by atoms with Crippen LogP contribution in [0.3, 0.4) is 0 Å². The molecule has 0 unspecified atom stereocenters. The molecule has 2 amide bonds. The molecule has 1 aromatic rings. The molecular formula is C22H32N2O3. The summed E-state index contributed by atoms with van der Waals surface area (Å²) in [5.74, 6) is -0.183. The van der Waals surface area contributed by atoms with Gasteiger partial charge in [0.05, 0.1) is 18.1 Å². The molecule has 1 N–H and O–H groups in total. The number of methoxy groups -OCH3 is 1. The van der Waals surface area contributed by atoms with E-state index in [-0.39, 0.29) is 17.7 Å². The van der Waals surface area contributed by atoms with E-state index in [1.807, 2.05) is 24.3 Å². The van der Waals surface area contributed by atoms with Gasteiger partial charge in [0.15, 0.2) is 0 Å². The minimum absolute atomic E-state index is 0.0235. The third-order valence-corrected chi connectivity index (χ3v) is 6.14. The smallest absolute Gasteiger partial charge is 0.254 e. The number of nitrogens with zero attached hydrogens (tertiary/aromatic N) is 1. The van der Waals surface area contributed by atoms with Gasteiger partial charge in [-0.2, -0.15) is 0 Å². The number of hydrogen-bond acceptors (Lipinski definition) is 3. The van der Waals surface area contributed by atoms with Crippen LogP contribution in [-0.4, -0.2) is 49.1 Å². The topological polar surface area (TPSA) is 58.6 Å². The van der Waals surface area contributed by atoms with Crippen molar-refractivity contribution in [1.29, 1.82) is 0 Å². The van der Waals surface area contributed by atoms with Crippen molar-refractivity contribution >= 4 is 11.8 Å². The summed E-state index contributed by atoms with van der Waals surface area (Å²) in [6.07, 6.45) is 7.12. The van der Waals surface area contributed by atoms with Crippen LogP contribution in [-0.2, 0) is 9.53 Å². The van der Waals surface area contributed by atoms with Gasteiger partial charge < -0.3 is 15.0 Å². The molecule has 3 rings (SSSR count). The number of fused-ring (bicyclic) bond motifs is 1. The van der Waals surface area contributed by atoms with E-state index in [9.17, 15) is 9.59 Å². The molecule has 2 aliphatic rings. The van der Waals surface area contributed by atoms with Crippen LogP contribution in [0.15, 0.2) is 24.3 Å². The fourth-order valence-corrected chi connectivity index (χ4v) is 4.86. The van der Waals surface area contributed by atoms with Gasteiger partial charge in [-0.05, 0) is 30.9 Å². The van der Waals surface area contributed by atoms with Crippen molar-refractivity contribution in [3.8, 4) is 0 Å². The molecule has 5 heteroatoms. The highest BCUT2D eigenvalue weighted by molar-refractivity contribution is 6.02. The van der Waals surface area contributed by atoms with E-state index >= 15 is 0 Å². The Morgan fingerprint density at radius 3 is 2.70 bits per heavy atom. The molecular weight excluding hydrogens is 340 g/mol. The van der Waals surface area contributed by atoms with Gasteiger partial charge in [0.1, 0.15) is 0 Å². The quantitative estimate of drug-likeness (QED) is 0.746. The second-order valence-electron chi connectivity index (χ2n) is 7.78. The minimum Gasteiger partial charge on any atom is -0.383 e. The maximum atomic E-state index is 13.4. The summed E-state index contributed by atoms with van der Waals surface area (Å²) in [4.78, 5) is 28.8. The second kappa shape index (κ2) is 8.87. The number of benzene rings is 1. The van der Waals surface area contributed by atoms with E-state index < -0.39 is 5.54 Å². The summed E-state index contributed by atoms with van der Waals surface area (Å²) in [5.41, 5.74) is 1.19. The molecule has 27 heavy (non-hydrogen) atoms. The lowest BCUT2D eigenvalue weighted by atomic mass is 9.65. The Balaban J connectivity index is 2.05. The van der Waals surface area contributed by atoms with E-state index in [0.717, 1.165) is 50.6 Å². The van der Waals surface area contributed by atoms with Crippen molar-refractivity contribution in [2.75, 3.05) is 26.8 Å². The van der Waals surface area contributed by atoms with Gasteiger partial charge in [0.25, 0.3) is 5.91 Å². The first-order valence-electron chi connectivity index (χ1n) is 10.3. The molecule has 148 valence electrons. The van der Waals surface area contributed by atoms with Crippen LogP contribution >= 0.6 is 0 Å². The fraction of sp³-hybridized carbons (Fsp3) is 0.636. The molecule has 0 aromatic heterocycles. The van der Waals surface area contributed by atoms with Gasteiger partial charge in [0.2, 0.25) is 5.91 Å². The molecule has 5 nitrogen and oxygen atoms in total. The Morgan fingerprint density at radius 1 is 1.26 bits per heavy atom. The van der Waals surface area contributed by atoms with Gasteiger partial charge in [-0.25, -0.2) is 0 Å². The molecule has 1 atom stereocenters. The average Bonchev–Trinajstić information content (AvgIpc) is 2.69. The lowest BCUT2D eigenvalue weighted by molar-refractivity contribution is -0.127. The first-order valence-corrected chi connectivity index (χ1v) is 10.3. The normalized spacial score (nSPS) is 21.2. The lowest BCUT2D eigenvalue weighted by Gasteiger charge is -2.53. The van der Waals surface area contributed by atoms with Crippen molar-refractivity contribution in [3.05, 3.63) is 35.4 Å². The third-order valence-electron chi connectivity index (χ3n) is 6.14. The summed E-state index contributed by atoms with van der Waals surface area (Å²) in [5, 5.41) is 3.06. The Morgan fingerprint density at radius 2 is 2.00 bits per heavy atom. The minimum atomic E-state index is -0.393. The zero-order chi connectivity index (χ0) is 19.3. The molecule has 0 bridgehead atoms. The highest BCUT2D eigenvalue weighted by atomic mass is 16.5. The van der Waals surface area contributed by atoms with E-state index in [2.05, 4.69) is 17.1 Å². The van der Waals surface area contributed by atoms with Crippen LogP contribution < -0.4 is 5.32 Å². The van der Waals surface area contributed by atoms with Gasteiger partial charge >= 0.3 is 0 Å². The van der Waals surface area contributed by atoms with Crippen LogP contribution in [0.1, 0.15) is 73.7 Å². The SMILES string of the molecule is CCCCN1C(=O)c2ccccc2[C@@H](C(=O)NCCOC)C12CCCCC2. The number of nitrogens with one attached hydrogen (secondary N) is 1. The highest BCUT2D eigenvalue weighted by Crippen LogP contribution is 2.49. The van der Waals surface area contributed by atoms with Gasteiger partial charge in [-0.15, -0.1) is 0 Å². The number of carbonyl (C=O) groups excluding carboxylic acids is 2. The number of amides is 2. The molecule has 1 saturated carbocycles. The third kappa shape index (κ3) is 3.75. The number of hydrogen-bond donors (Lipinski definition) is 1. The Bertz CT molecular complexity index is 667. The highest BCUT2D eigenvalue weighted by Gasteiger charge is 2.54. The second-order valence-corrected chi connectivity index (χ2v) is 7.78. The van der Waals surface area contributed by atoms with E-state index in [0.29, 0.717) is 18.7 Å². The first-order chi connectivity index (χ1) is 13.2. The van der Waals surface area contributed by atoms with Crippen LogP contribution in [0, 0.1) is 0 Å². The van der Waals surface area contributed by atoms with Crippen molar-refractivity contribution in [3.63, 3.8) is 0 Å². The number of ether oxygens (including phenoxy) is 1. The summed E-state index contributed by atoms with van der Waals surface area (Å²) < 4.78 is 5.10. The molecule has 1 aliphatic heterocycles. The predicted molar refractivity (Wildman–Crippen MR) is 106 cm³/mol. The summed E-state index contributed by atoms with van der Waals surface area (Å²) in [6.45, 7) is 3.86. The Hall–Kier alpha value is -1.88. The predicted octanol–water partition coefficient (Wildman–Crippen LogP) is 3.49. The summed E-state index contributed by atoms with van der Waals surface area (Å²) >= 11 is 0. The molecule has 1 aromatic carbocycles. The average molecular weight is 373 g/mol. The largest absolute Gasteiger partial charge is 0.383 e. The number of unbranched alkanes of at least 4 members (excludes halogenated alkanes) is 1. The molecule has 1 heterocycles. The maximum Gasteiger partial charge on any atom is 0.254 e. The zero-order valence-electron chi connectivity index (χ0n) is 16.6. The number of rotatable bonds is 7. The lowest BCUT2D eigenvalue weighted by Crippen LogP contribution is -2.62. The van der Waals surface area contributed by atoms with Gasteiger partial charge in [-0.3, -0.25) is 9.59 Å². The van der Waals surface area contributed by atoms with Crippen LogP contribution in [0.2, 0.25) is 0 Å². The Kier molecular flexibility index (Phi) is 6.53. The monoisotopic (exact) mass is 372 g/mol. The maximum absolute atomic E-state index is 13.4. The number of carbonyl (C=O) groups is 2. The Labute approximate surface area is 162 Å². The van der Waals surface area contributed by atoms with Gasteiger partial charge in [-0.1, -0.05) is 50.8 Å². The molecule has 1 spiro atoms. The van der Waals surface area contributed by atoms with Crippen molar-refractivity contribution in [1.82, 2.24) is 10.2 Å². The van der Waals surface area contributed by atoms with Crippen LogP contribution in [0.4, 0.5) is 0 Å². The zero-order valence-corrected chi connectivity index (χ0v) is 16.6. The van der Waals surface area contributed by atoms with Crippen LogP contribution in [0.5, 0.6) is 0 Å². The molecule has 1 aliphatic carbocycles. The van der Waals surface area contributed by atoms with E-state index in [1.165, 1.54) is 6.42 Å². The molecule has 1 fully saturated rings. The molecule has 0 saturated heterocycles. The molecule has 0 radical (unpaired) electrons. The van der Waals surface area contributed by atoms with Crippen molar-refractivity contribution in [2.24, 2.45) is 0 Å². The van der Waals surface area contributed by atoms with Crippen LogP contribution in [0.25, 0.3) is 0 Å². The standard InChI is InChI=1S/C22H32N2O3/c1-3-4-15-24-21(26)18-11-7-6-10-17(18)19(20(25)23-14-16-27-2)22(24)12-8-5-9-13-22/h6-7,10-11,19H,3-5,8-9,12-16H2,1-2H3,(H,23,25)/t19-/m0/s1. The first kappa shape index (κ1) is 19.9. The van der Waals surface area contributed by atoms with E-state index in [1.54, 1.807) is 7.11 Å². The fourth-order valence-electron chi connectivity index (χ4n) is 4.86. The summed E-state index contributed by atoms with van der Waals surface area (Å²) in [6, 6.07) is 7.69.